The maximum absolute atomic E-state index is 11.8. The van der Waals surface area contributed by atoms with Crippen LogP contribution in [0.2, 0.25) is 0 Å². The number of hydrogen-bond donors (Lipinski definition) is 3. The Morgan fingerprint density at radius 3 is 2.53 bits per heavy atom. The molecule has 0 aromatic heterocycles. The molecule has 0 heterocycles. The molecule has 6 nitrogen and oxygen atoms in total. The third-order valence-electron chi connectivity index (χ3n) is 2.52. The van der Waals surface area contributed by atoms with Crippen molar-refractivity contribution in [3.63, 3.8) is 0 Å². The lowest BCUT2D eigenvalue weighted by molar-refractivity contribution is -0.123. The minimum absolute atomic E-state index is 0.125. The Hall–Kier alpha value is -1.21. The van der Waals surface area contributed by atoms with Crippen molar-refractivity contribution in [1.82, 2.24) is 10.6 Å². The summed E-state index contributed by atoms with van der Waals surface area (Å²) >= 11 is 4.86. The first kappa shape index (κ1) is 17.8. The number of methoxy groups -OCH3 is 1. The van der Waals surface area contributed by atoms with Gasteiger partial charge < -0.3 is 21.1 Å². The van der Waals surface area contributed by atoms with Crippen LogP contribution in [-0.2, 0) is 14.3 Å². The van der Waals surface area contributed by atoms with E-state index in [-0.39, 0.29) is 29.8 Å². The highest BCUT2D eigenvalue weighted by atomic mass is 32.1. The summed E-state index contributed by atoms with van der Waals surface area (Å²) in [4.78, 5) is 23.3. The molecule has 0 aromatic carbocycles. The lowest BCUT2D eigenvalue weighted by Gasteiger charge is -2.14. The monoisotopic (exact) mass is 289 g/mol. The van der Waals surface area contributed by atoms with Crippen molar-refractivity contribution in [1.29, 1.82) is 0 Å². The first-order valence-electron chi connectivity index (χ1n) is 6.35. The van der Waals surface area contributed by atoms with Crippen molar-refractivity contribution in [3.8, 4) is 0 Å². The van der Waals surface area contributed by atoms with Gasteiger partial charge in [0.1, 0.15) is 0 Å². The largest absolute Gasteiger partial charge is 0.393 e. The van der Waals surface area contributed by atoms with Crippen molar-refractivity contribution >= 4 is 29.0 Å². The summed E-state index contributed by atoms with van der Waals surface area (Å²) < 4.78 is 4.81. The second-order valence-corrected chi connectivity index (χ2v) is 4.60. The van der Waals surface area contributed by atoms with Gasteiger partial charge in [-0.15, -0.1) is 0 Å². The molecule has 110 valence electrons. The molecular formula is C12H23N3O3S. The second kappa shape index (κ2) is 10.7. The van der Waals surface area contributed by atoms with E-state index in [0.717, 1.165) is 6.42 Å². The van der Waals surface area contributed by atoms with Crippen LogP contribution in [0, 0.1) is 5.92 Å². The van der Waals surface area contributed by atoms with Gasteiger partial charge in [-0.2, -0.15) is 0 Å². The molecule has 0 aliphatic carbocycles. The number of rotatable bonds is 10. The van der Waals surface area contributed by atoms with E-state index < -0.39 is 5.92 Å². The van der Waals surface area contributed by atoms with Gasteiger partial charge in [0, 0.05) is 26.6 Å². The first-order chi connectivity index (χ1) is 9.02. The van der Waals surface area contributed by atoms with Gasteiger partial charge in [-0.1, -0.05) is 25.6 Å². The lowest BCUT2D eigenvalue weighted by Crippen LogP contribution is -2.39. The topological polar surface area (TPSA) is 93.5 Å². The van der Waals surface area contributed by atoms with Crippen LogP contribution in [0.1, 0.15) is 26.2 Å². The Morgan fingerprint density at radius 2 is 2.00 bits per heavy atom. The third-order valence-corrected chi connectivity index (χ3v) is 2.80. The zero-order valence-corrected chi connectivity index (χ0v) is 12.3. The van der Waals surface area contributed by atoms with Gasteiger partial charge in [-0.25, -0.2) is 0 Å². The molecule has 0 spiro atoms. The molecular weight excluding hydrogens is 266 g/mol. The van der Waals surface area contributed by atoms with Crippen LogP contribution in [-0.4, -0.2) is 43.6 Å². The minimum Gasteiger partial charge on any atom is -0.393 e. The van der Waals surface area contributed by atoms with E-state index >= 15 is 0 Å². The van der Waals surface area contributed by atoms with Crippen molar-refractivity contribution in [2.24, 2.45) is 11.7 Å². The molecule has 0 saturated heterocycles. The molecule has 19 heavy (non-hydrogen) atoms. The summed E-state index contributed by atoms with van der Waals surface area (Å²) in [6, 6.07) is 0. The predicted octanol–water partition coefficient (Wildman–Crippen LogP) is -0.0423. The summed E-state index contributed by atoms with van der Waals surface area (Å²) in [5.74, 6) is -0.782. The lowest BCUT2D eigenvalue weighted by atomic mass is 10.0. The standard InChI is InChI=1S/C12H23N3O3S/c1-3-4-9(11(13)19)12(17)15-6-5-10(16)14-7-8-18-2/h9H,3-8H2,1-2H3,(H2,13,19)(H,14,16)(H,15,17). The zero-order valence-electron chi connectivity index (χ0n) is 11.5. The molecule has 0 aliphatic rings. The average Bonchev–Trinajstić information content (AvgIpc) is 2.35. The van der Waals surface area contributed by atoms with E-state index in [9.17, 15) is 9.59 Å². The smallest absolute Gasteiger partial charge is 0.229 e. The normalized spacial score (nSPS) is 11.7. The molecule has 4 N–H and O–H groups in total. The summed E-state index contributed by atoms with van der Waals surface area (Å²) in [6.07, 6.45) is 1.68. The Balaban J connectivity index is 3.88. The number of carbonyl (C=O) groups excluding carboxylic acids is 2. The SMILES string of the molecule is CCCC(C(=O)NCCC(=O)NCCOC)C(N)=S. The molecule has 1 unspecified atom stereocenters. The molecule has 0 rings (SSSR count). The van der Waals surface area contributed by atoms with Gasteiger partial charge >= 0.3 is 0 Å². The molecule has 1 atom stereocenters. The maximum atomic E-state index is 11.8. The fourth-order valence-corrected chi connectivity index (χ4v) is 1.72. The van der Waals surface area contributed by atoms with Crippen molar-refractivity contribution in [2.45, 2.75) is 26.2 Å². The fourth-order valence-electron chi connectivity index (χ4n) is 1.49. The number of hydrogen-bond acceptors (Lipinski definition) is 4. The van der Waals surface area contributed by atoms with E-state index in [0.29, 0.717) is 19.6 Å². The third kappa shape index (κ3) is 8.50. The van der Waals surface area contributed by atoms with Crippen LogP contribution < -0.4 is 16.4 Å². The van der Waals surface area contributed by atoms with E-state index in [1.807, 2.05) is 6.92 Å². The molecule has 0 aromatic rings. The van der Waals surface area contributed by atoms with Gasteiger partial charge in [-0.3, -0.25) is 9.59 Å². The van der Waals surface area contributed by atoms with Crippen LogP contribution in [0.5, 0.6) is 0 Å². The predicted molar refractivity (Wildman–Crippen MR) is 77.7 cm³/mol. The van der Waals surface area contributed by atoms with Crippen molar-refractivity contribution in [2.75, 3.05) is 26.8 Å². The van der Waals surface area contributed by atoms with Gasteiger partial charge in [0.25, 0.3) is 0 Å². The Labute approximate surface area is 119 Å². The number of ether oxygens (including phenoxy) is 1. The quantitative estimate of drug-likeness (QED) is 0.387. The summed E-state index contributed by atoms with van der Waals surface area (Å²) in [6.45, 7) is 3.18. The average molecular weight is 289 g/mol. The highest BCUT2D eigenvalue weighted by molar-refractivity contribution is 7.80. The van der Waals surface area contributed by atoms with Crippen LogP contribution in [0.25, 0.3) is 0 Å². The molecule has 7 heteroatoms. The molecule has 0 saturated carbocycles. The molecule has 2 amide bonds. The van der Waals surface area contributed by atoms with Crippen LogP contribution in [0.4, 0.5) is 0 Å². The van der Waals surface area contributed by atoms with Gasteiger partial charge in [0.15, 0.2) is 0 Å². The van der Waals surface area contributed by atoms with E-state index in [1.165, 1.54) is 0 Å². The maximum Gasteiger partial charge on any atom is 0.229 e. The number of thiocarbonyl (C=S) groups is 1. The molecule has 0 aliphatic heterocycles. The van der Waals surface area contributed by atoms with Crippen molar-refractivity contribution < 1.29 is 14.3 Å². The van der Waals surface area contributed by atoms with E-state index in [1.54, 1.807) is 7.11 Å². The first-order valence-corrected chi connectivity index (χ1v) is 6.76. The summed E-state index contributed by atoms with van der Waals surface area (Å²) in [7, 11) is 1.57. The minimum atomic E-state index is -0.448. The van der Waals surface area contributed by atoms with Gasteiger partial charge in [0.05, 0.1) is 17.5 Å². The van der Waals surface area contributed by atoms with Gasteiger partial charge in [0.2, 0.25) is 11.8 Å². The Bertz CT molecular complexity index is 311. The highest BCUT2D eigenvalue weighted by Gasteiger charge is 2.19. The molecule has 0 fully saturated rings. The Morgan fingerprint density at radius 1 is 1.32 bits per heavy atom. The van der Waals surface area contributed by atoms with Crippen LogP contribution in [0.15, 0.2) is 0 Å². The highest BCUT2D eigenvalue weighted by Crippen LogP contribution is 2.06. The second-order valence-electron chi connectivity index (χ2n) is 4.13. The molecule has 0 bridgehead atoms. The number of nitrogens with one attached hydrogen (secondary N) is 2. The molecule has 0 radical (unpaired) electrons. The number of amides is 2. The number of carbonyl (C=O) groups is 2. The van der Waals surface area contributed by atoms with Crippen LogP contribution >= 0.6 is 12.2 Å². The fraction of sp³-hybridized carbons (Fsp3) is 0.750. The zero-order chi connectivity index (χ0) is 14.7. The van der Waals surface area contributed by atoms with Crippen molar-refractivity contribution in [3.05, 3.63) is 0 Å². The summed E-state index contributed by atoms with van der Waals surface area (Å²) in [5, 5.41) is 5.34. The summed E-state index contributed by atoms with van der Waals surface area (Å²) in [5.41, 5.74) is 5.51. The van der Waals surface area contributed by atoms with E-state index in [2.05, 4.69) is 10.6 Å². The number of nitrogens with two attached hydrogens (primary N) is 1. The van der Waals surface area contributed by atoms with Gasteiger partial charge in [-0.05, 0) is 6.42 Å². The Kier molecular flexibility index (Phi) is 10.0. The van der Waals surface area contributed by atoms with Crippen LogP contribution in [0.3, 0.4) is 0 Å². The van der Waals surface area contributed by atoms with E-state index in [4.69, 9.17) is 22.7 Å².